The lowest BCUT2D eigenvalue weighted by Gasteiger charge is -2.10. The first kappa shape index (κ1) is 18.0. The standard InChI is InChI=1S/C23H20FNO3/c1-3-14-11-19-22(20(26)12-14)21-16(23(27)28-2)8-6-10-18(21)25(19)13-15-7-4-5-9-17(15)24/h4-12,26H,3,13H2,1-2H3. The van der Waals surface area contributed by atoms with E-state index in [0.29, 0.717) is 21.9 Å². The molecule has 3 aromatic carbocycles. The van der Waals surface area contributed by atoms with E-state index < -0.39 is 5.97 Å². The molecule has 0 aliphatic carbocycles. The summed E-state index contributed by atoms with van der Waals surface area (Å²) in [5, 5.41) is 11.9. The Bertz CT molecular complexity index is 1210. The summed E-state index contributed by atoms with van der Waals surface area (Å²) in [4.78, 5) is 12.4. The minimum Gasteiger partial charge on any atom is -0.507 e. The second kappa shape index (κ2) is 7.00. The molecule has 4 aromatic rings. The molecule has 4 rings (SSSR count). The van der Waals surface area contributed by atoms with E-state index in [-0.39, 0.29) is 18.1 Å². The first-order chi connectivity index (χ1) is 13.5. The van der Waals surface area contributed by atoms with Gasteiger partial charge in [-0.1, -0.05) is 31.2 Å². The van der Waals surface area contributed by atoms with Gasteiger partial charge in [0, 0.05) is 10.9 Å². The average molecular weight is 377 g/mol. The zero-order valence-electron chi connectivity index (χ0n) is 15.7. The van der Waals surface area contributed by atoms with Crippen molar-refractivity contribution in [3.05, 3.63) is 77.1 Å². The van der Waals surface area contributed by atoms with E-state index in [0.717, 1.165) is 23.0 Å². The number of aryl methyl sites for hydroxylation is 1. The van der Waals surface area contributed by atoms with Crippen molar-refractivity contribution in [2.24, 2.45) is 0 Å². The fraction of sp³-hybridized carbons (Fsp3) is 0.174. The van der Waals surface area contributed by atoms with Crippen molar-refractivity contribution >= 4 is 27.8 Å². The first-order valence-electron chi connectivity index (χ1n) is 9.13. The fourth-order valence-corrected chi connectivity index (χ4v) is 3.75. The van der Waals surface area contributed by atoms with E-state index >= 15 is 0 Å². The highest BCUT2D eigenvalue weighted by molar-refractivity contribution is 6.19. The van der Waals surface area contributed by atoms with Crippen molar-refractivity contribution in [3.8, 4) is 5.75 Å². The number of aromatic nitrogens is 1. The molecule has 0 radical (unpaired) electrons. The second-order valence-electron chi connectivity index (χ2n) is 6.73. The van der Waals surface area contributed by atoms with E-state index in [1.807, 2.05) is 23.6 Å². The maximum Gasteiger partial charge on any atom is 0.338 e. The number of carbonyl (C=O) groups is 1. The predicted molar refractivity (Wildman–Crippen MR) is 107 cm³/mol. The van der Waals surface area contributed by atoms with Gasteiger partial charge in [-0.2, -0.15) is 0 Å². The number of phenols is 1. The summed E-state index contributed by atoms with van der Waals surface area (Å²) in [6.45, 7) is 2.29. The van der Waals surface area contributed by atoms with Gasteiger partial charge in [-0.3, -0.25) is 0 Å². The van der Waals surface area contributed by atoms with Crippen LogP contribution >= 0.6 is 0 Å². The van der Waals surface area contributed by atoms with Crippen LogP contribution in [0.5, 0.6) is 5.75 Å². The lowest BCUT2D eigenvalue weighted by atomic mass is 10.0. The van der Waals surface area contributed by atoms with Crippen LogP contribution in [0.15, 0.2) is 54.6 Å². The van der Waals surface area contributed by atoms with Gasteiger partial charge in [0.15, 0.2) is 0 Å². The van der Waals surface area contributed by atoms with E-state index in [4.69, 9.17) is 4.74 Å². The Balaban J connectivity index is 2.11. The number of hydrogen-bond acceptors (Lipinski definition) is 3. The number of phenolic OH excluding ortho intramolecular Hbond substituents is 1. The minimum atomic E-state index is -0.477. The molecule has 4 nitrogen and oxygen atoms in total. The third-order valence-electron chi connectivity index (χ3n) is 5.13. The molecular weight excluding hydrogens is 357 g/mol. The van der Waals surface area contributed by atoms with Crippen LogP contribution in [0.3, 0.4) is 0 Å². The van der Waals surface area contributed by atoms with Crippen LogP contribution in [0, 0.1) is 5.82 Å². The van der Waals surface area contributed by atoms with Gasteiger partial charge in [0.05, 0.1) is 35.6 Å². The Kier molecular flexibility index (Phi) is 4.51. The van der Waals surface area contributed by atoms with Crippen LogP contribution in [0.2, 0.25) is 0 Å². The zero-order chi connectivity index (χ0) is 19.8. The normalized spacial score (nSPS) is 11.2. The molecule has 0 bridgehead atoms. The molecule has 0 saturated carbocycles. The Labute approximate surface area is 161 Å². The topological polar surface area (TPSA) is 51.5 Å². The Morgan fingerprint density at radius 3 is 2.57 bits per heavy atom. The van der Waals surface area contributed by atoms with Gasteiger partial charge in [0.25, 0.3) is 0 Å². The molecule has 0 saturated heterocycles. The van der Waals surface area contributed by atoms with Crippen molar-refractivity contribution in [1.82, 2.24) is 4.57 Å². The molecule has 28 heavy (non-hydrogen) atoms. The molecule has 1 aromatic heterocycles. The maximum atomic E-state index is 14.3. The van der Waals surface area contributed by atoms with Gasteiger partial charge in [0.2, 0.25) is 0 Å². The zero-order valence-corrected chi connectivity index (χ0v) is 15.7. The monoisotopic (exact) mass is 377 g/mol. The van der Waals surface area contributed by atoms with E-state index in [1.165, 1.54) is 13.2 Å². The molecule has 0 spiro atoms. The summed E-state index contributed by atoms with van der Waals surface area (Å²) in [6, 6.07) is 15.6. The minimum absolute atomic E-state index is 0.1000. The van der Waals surface area contributed by atoms with E-state index in [1.54, 1.807) is 36.4 Å². The third-order valence-corrected chi connectivity index (χ3v) is 5.13. The summed E-state index contributed by atoms with van der Waals surface area (Å²) in [5.74, 6) is -0.671. The smallest absolute Gasteiger partial charge is 0.338 e. The Morgan fingerprint density at radius 2 is 1.86 bits per heavy atom. The number of ether oxygens (including phenoxy) is 1. The number of halogens is 1. The molecule has 1 heterocycles. The van der Waals surface area contributed by atoms with Gasteiger partial charge in [-0.15, -0.1) is 0 Å². The summed E-state index contributed by atoms with van der Waals surface area (Å²) >= 11 is 0. The molecule has 1 N–H and O–H groups in total. The summed E-state index contributed by atoms with van der Waals surface area (Å²) < 4.78 is 21.2. The molecular formula is C23H20FNO3. The van der Waals surface area contributed by atoms with Crippen LogP contribution < -0.4 is 0 Å². The van der Waals surface area contributed by atoms with Gasteiger partial charge in [-0.05, 0) is 42.3 Å². The highest BCUT2D eigenvalue weighted by Crippen LogP contribution is 2.39. The van der Waals surface area contributed by atoms with Crippen molar-refractivity contribution in [2.75, 3.05) is 7.11 Å². The van der Waals surface area contributed by atoms with Gasteiger partial charge in [-0.25, -0.2) is 9.18 Å². The van der Waals surface area contributed by atoms with Gasteiger partial charge in [0.1, 0.15) is 11.6 Å². The molecule has 0 aliphatic heterocycles. The average Bonchev–Trinajstić information content (AvgIpc) is 3.03. The number of carbonyl (C=O) groups excluding carboxylic acids is 1. The number of hydrogen-bond donors (Lipinski definition) is 1. The van der Waals surface area contributed by atoms with E-state index in [2.05, 4.69) is 0 Å². The van der Waals surface area contributed by atoms with Crippen LogP contribution in [-0.4, -0.2) is 22.8 Å². The summed E-state index contributed by atoms with van der Waals surface area (Å²) in [5.41, 5.74) is 3.36. The van der Waals surface area contributed by atoms with Gasteiger partial charge < -0.3 is 14.4 Å². The van der Waals surface area contributed by atoms with Crippen LogP contribution in [-0.2, 0) is 17.7 Å². The summed E-state index contributed by atoms with van der Waals surface area (Å²) in [7, 11) is 1.33. The predicted octanol–water partition coefficient (Wildman–Crippen LogP) is 5.04. The van der Waals surface area contributed by atoms with Crippen molar-refractivity contribution in [1.29, 1.82) is 0 Å². The number of esters is 1. The Hall–Kier alpha value is -3.34. The number of benzene rings is 3. The lowest BCUT2D eigenvalue weighted by molar-refractivity contribution is 0.0603. The number of fused-ring (bicyclic) bond motifs is 3. The maximum absolute atomic E-state index is 14.3. The van der Waals surface area contributed by atoms with E-state index in [9.17, 15) is 14.3 Å². The summed E-state index contributed by atoms with van der Waals surface area (Å²) in [6.07, 6.45) is 0.745. The van der Waals surface area contributed by atoms with Crippen LogP contribution in [0.1, 0.15) is 28.4 Å². The fourth-order valence-electron chi connectivity index (χ4n) is 3.75. The number of aromatic hydroxyl groups is 1. The molecule has 142 valence electrons. The lowest BCUT2D eigenvalue weighted by Crippen LogP contribution is -2.03. The van der Waals surface area contributed by atoms with Crippen LogP contribution in [0.25, 0.3) is 21.8 Å². The molecule has 0 amide bonds. The largest absolute Gasteiger partial charge is 0.507 e. The number of rotatable bonds is 4. The quantitative estimate of drug-likeness (QED) is 0.507. The first-order valence-corrected chi connectivity index (χ1v) is 9.13. The molecule has 0 fully saturated rings. The SMILES string of the molecule is CCc1cc(O)c2c3c(C(=O)OC)cccc3n(Cc3ccccc3F)c2c1. The third kappa shape index (κ3) is 2.80. The van der Waals surface area contributed by atoms with Crippen molar-refractivity contribution in [3.63, 3.8) is 0 Å². The number of nitrogens with zero attached hydrogens (tertiary/aromatic N) is 1. The van der Waals surface area contributed by atoms with Crippen LogP contribution in [0.4, 0.5) is 4.39 Å². The van der Waals surface area contributed by atoms with Crippen molar-refractivity contribution in [2.45, 2.75) is 19.9 Å². The Morgan fingerprint density at radius 1 is 1.07 bits per heavy atom. The molecule has 0 aliphatic rings. The van der Waals surface area contributed by atoms with Gasteiger partial charge >= 0.3 is 5.97 Å². The number of methoxy groups -OCH3 is 1. The molecule has 5 heteroatoms. The second-order valence-corrected chi connectivity index (χ2v) is 6.73. The molecule has 0 unspecified atom stereocenters. The highest BCUT2D eigenvalue weighted by Gasteiger charge is 2.21. The molecule has 0 atom stereocenters. The van der Waals surface area contributed by atoms with Crippen molar-refractivity contribution < 1.29 is 19.0 Å². The highest BCUT2D eigenvalue weighted by atomic mass is 19.1.